The van der Waals surface area contributed by atoms with Crippen LogP contribution in [0.25, 0.3) is 0 Å². The normalized spacial score (nSPS) is 10.4. The standard InChI is InChI=1S/C14H12Cl3NO2/c1-2-19-11-4-3-5-12(14(11)18)20-13-7-9(16)8(15)6-10(13)17/h3-7H,2,18H2,1H3. The molecule has 0 aliphatic rings. The maximum absolute atomic E-state index is 6.06. The fourth-order valence-corrected chi connectivity index (χ4v) is 2.17. The third kappa shape index (κ3) is 3.23. The monoisotopic (exact) mass is 331 g/mol. The van der Waals surface area contributed by atoms with Crippen molar-refractivity contribution < 1.29 is 9.47 Å². The molecule has 0 aliphatic heterocycles. The molecule has 0 fully saturated rings. The van der Waals surface area contributed by atoms with Crippen LogP contribution in [-0.2, 0) is 0 Å². The second-order valence-electron chi connectivity index (χ2n) is 3.90. The Bertz CT molecular complexity index is 632. The molecule has 6 heteroatoms. The first-order valence-electron chi connectivity index (χ1n) is 5.86. The number of hydrogen-bond acceptors (Lipinski definition) is 3. The Morgan fingerprint density at radius 1 is 0.950 bits per heavy atom. The molecule has 20 heavy (non-hydrogen) atoms. The van der Waals surface area contributed by atoms with Gasteiger partial charge in [-0.1, -0.05) is 40.9 Å². The number of benzene rings is 2. The molecule has 0 aliphatic carbocycles. The number of hydrogen-bond donors (Lipinski definition) is 1. The maximum Gasteiger partial charge on any atom is 0.154 e. The van der Waals surface area contributed by atoms with E-state index in [1.165, 1.54) is 6.07 Å². The minimum Gasteiger partial charge on any atom is -0.492 e. The van der Waals surface area contributed by atoms with Gasteiger partial charge in [0, 0.05) is 6.07 Å². The molecule has 2 aromatic rings. The zero-order chi connectivity index (χ0) is 14.7. The van der Waals surface area contributed by atoms with Crippen molar-refractivity contribution in [1.29, 1.82) is 0 Å². The van der Waals surface area contributed by atoms with Gasteiger partial charge in [-0.3, -0.25) is 0 Å². The lowest BCUT2D eigenvalue weighted by Crippen LogP contribution is -1.99. The number of nitrogens with two attached hydrogens (primary N) is 1. The van der Waals surface area contributed by atoms with Crippen LogP contribution in [0.15, 0.2) is 30.3 Å². The molecule has 0 heterocycles. The molecule has 0 radical (unpaired) electrons. The van der Waals surface area contributed by atoms with Crippen LogP contribution in [0.2, 0.25) is 15.1 Å². The van der Waals surface area contributed by atoms with Gasteiger partial charge in [0.15, 0.2) is 5.75 Å². The maximum atomic E-state index is 6.06. The SMILES string of the molecule is CCOc1cccc(Oc2cc(Cl)c(Cl)cc2Cl)c1N. The largest absolute Gasteiger partial charge is 0.492 e. The van der Waals surface area contributed by atoms with E-state index in [1.54, 1.807) is 24.3 Å². The molecule has 0 amide bonds. The average Bonchev–Trinajstić information content (AvgIpc) is 2.40. The van der Waals surface area contributed by atoms with Gasteiger partial charge in [0.2, 0.25) is 0 Å². The van der Waals surface area contributed by atoms with E-state index >= 15 is 0 Å². The number of ether oxygens (including phenoxy) is 2. The predicted octanol–water partition coefficient (Wildman–Crippen LogP) is 5.42. The third-order valence-electron chi connectivity index (χ3n) is 2.52. The lowest BCUT2D eigenvalue weighted by molar-refractivity contribution is 0.340. The fraction of sp³-hybridized carbons (Fsp3) is 0.143. The van der Waals surface area contributed by atoms with Crippen LogP contribution in [0.4, 0.5) is 5.69 Å². The fourth-order valence-electron chi connectivity index (χ4n) is 1.60. The highest BCUT2D eigenvalue weighted by Crippen LogP contribution is 2.40. The van der Waals surface area contributed by atoms with Crippen molar-refractivity contribution in [2.75, 3.05) is 12.3 Å². The van der Waals surface area contributed by atoms with Crippen molar-refractivity contribution in [1.82, 2.24) is 0 Å². The van der Waals surface area contributed by atoms with E-state index in [-0.39, 0.29) is 0 Å². The van der Waals surface area contributed by atoms with Gasteiger partial charge in [0.1, 0.15) is 17.2 Å². The van der Waals surface area contributed by atoms with Crippen LogP contribution in [0, 0.1) is 0 Å². The summed E-state index contributed by atoms with van der Waals surface area (Å²) in [4.78, 5) is 0. The highest BCUT2D eigenvalue weighted by molar-refractivity contribution is 6.43. The number of anilines is 1. The Labute approximate surface area is 132 Å². The van der Waals surface area contributed by atoms with Gasteiger partial charge >= 0.3 is 0 Å². The van der Waals surface area contributed by atoms with Crippen LogP contribution in [0.1, 0.15) is 6.92 Å². The van der Waals surface area contributed by atoms with Gasteiger partial charge in [-0.05, 0) is 25.1 Å². The minimum absolute atomic E-state index is 0.348. The van der Waals surface area contributed by atoms with Gasteiger partial charge in [0.05, 0.1) is 21.7 Å². The average molecular weight is 333 g/mol. The van der Waals surface area contributed by atoms with Gasteiger partial charge in [-0.2, -0.15) is 0 Å². The quantitative estimate of drug-likeness (QED) is 0.600. The Balaban J connectivity index is 2.35. The Morgan fingerprint density at radius 2 is 1.60 bits per heavy atom. The summed E-state index contributed by atoms with van der Waals surface area (Å²) in [5, 5.41) is 1.06. The van der Waals surface area contributed by atoms with Crippen LogP contribution in [0.5, 0.6) is 17.2 Å². The molecular weight excluding hydrogens is 321 g/mol. The predicted molar refractivity (Wildman–Crippen MR) is 83.6 cm³/mol. The first-order valence-corrected chi connectivity index (χ1v) is 7.00. The van der Waals surface area contributed by atoms with Crippen LogP contribution in [0.3, 0.4) is 0 Å². The van der Waals surface area contributed by atoms with Crippen LogP contribution < -0.4 is 15.2 Å². The third-order valence-corrected chi connectivity index (χ3v) is 3.54. The van der Waals surface area contributed by atoms with E-state index in [4.69, 9.17) is 50.0 Å². The van der Waals surface area contributed by atoms with E-state index in [1.807, 2.05) is 6.92 Å². The lowest BCUT2D eigenvalue weighted by Gasteiger charge is -2.13. The molecule has 0 atom stereocenters. The molecule has 0 bridgehead atoms. The van der Waals surface area contributed by atoms with Crippen molar-refractivity contribution in [2.45, 2.75) is 6.92 Å². The first kappa shape index (κ1) is 15.1. The smallest absolute Gasteiger partial charge is 0.154 e. The van der Waals surface area contributed by atoms with Crippen molar-refractivity contribution in [3.05, 3.63) is 45.4 Å². The Hall–Kier alpha value is -1.29. The van der Waals surface area contributed by atoms with Crippen molar-refractivity contribution in [3.8, 4) is 17.2 Å². The van der Waals surface area contributed by atoms with Crippen molar-refractivity contribution in [2.24, 2.45) is 0 Å². The van der Waals surface area contributed by atoms with E-state index < -0.39 is 0 Å². The van der Waals surface area contributed by atoms with Crippen LogP contribution >= 0.6 is 34.8 Å². The zero-order valence-corrected chi connectivity index (χ0v) is 12.9. The van der Waals surface area contributed by atoms with Crippen LogP contribution in [-0.4, -0.2) is 6.61 Å². The molecule has 2 N–H and O–H groups in total. The molecule has 106 valence electrons. The number of para-hydroxylation sites is 1. The summed E-state index contributed by atoms with van der Waals surface area (Å²) in [6, 6.07) is 8.32. The summed E-state index contributed by atoms with van der Waals surface area (Å²) in [6.45, 7) is 2.39. The molecule has 2 aromatic carbocycles. The number of nitrogen functional groups attached to an aromatic ring is 1. The molecule has 3 nitrogen and oxygen atoms in total. The van der Waals surface area contributed by atoms with E-state index in [0.717, 1.165) is 0 Å². The highest BCUT2D eigenvalue weighted by Gasteiger charge is 2.12. The molecule has 0 spiro atoms. The summed E-state index contributed by atoms with van der Waals surface area (Å²) in [6.07, 6.45) is 0. The minimum atomic E-state index is 0.348. The van der Waals surface area contributed by atoms with Crippen molar-refractivity contribution >= 4 is 40.5 Å². The summed E-state index contributed by atoms with van der Waals surface area (Å²) in [5.41, 5.74) is 6.38. The summed E-state index contributed by atoms with van der Waals surface area (Å²) in [5.74, 6) is 1.37. The lowest BCUT2D eigenvalue weighted by atomic mass is 10.2. The zero-order valence-electron chi connectivity index (χ0n) is 10.6. The van der Waals surface area contributed by atoms with Gasteiger partial charge in [0.25, 0.3) is 0 Å². The Morgan fingerprint density at radius 3 is 2.30 bits per heavy atom. The van der Waals surface area contributed by atoms with Gasteiger partial charge in [-0.15, -0.1) is 0 Å². The molecule has 0 saturated heterocycles. The summed E-state index contributed by atoms with van der Waals surface area (Å²) >= 11 is 17.9. The number of rotatable bonds is 4. The highest BCUT2D eigenvalue weighted by atomic mass is 35.5. The topological polar surface area (TPSA) is 44.5 Å². The van der Waals surface area contributed by atoms with E-state index in [9.17, 15) is 0 Å². The molecular formula is C14H12Cl3NO2. The van der Waals surface area contributed by atoms with E-state index in [0.29, 0.717) is 44.6 Å². The van der Waals surface area contributed by atoms with E-state index in [2.05, 4.69) is 0 Å². The summed E-state index contributed by atoms with van der Waals surface area (Å²) < 4.78 is 11.1. The molecule has 0 saturated carbocycles. The molecule has 0 aromatic heterocycles. The summed E-state index contributed by atoms with van der Waals surface area (Å²) in [7, 11) is 0. The number of halogens is 3. The second-order valence-corrected chi connectivity index (χ2v) is 5.12. The van der Waals surface area contributed by atoms with Crippen molar-refractivity contribution in [3.63, 3.8) is 0 Å². The van der Waals surface area contributed by atoms with Gasteiger partial charge < -0.3 is 15.2 Å². The Kier molecular flexibility index (Phi) is 4.86. The molecule has 2 rings (SSSR count). The second kappa shape index (κ2) is 6.44. The first-order chi connectivity index (χ1) is 9.52. The molecule has 0 unspecified atom stereocenters. The van der Waals surface area contributed by atoms with Gasteiger partial charge in [-0.25, -0.2) is 0 Å².